The van der Waals surface area contributed by atoms with E-state index in [1.807, 2.05) is 12.1 Å². The van der Waals surface area contributed by atoms with E-state index in [9.17, 15) is 28.8 Å². The predicted octanol–water partition coefficient (Wildman–Crippen LogP) is 6.54. The van der Waals surface area contributed by atoms with Crippen molar-refractivity contribution in [2.75, 3.05) is 26.2 Å². The molecule has 5 heterocycles. The van der Waals surface area contributed by atoms with Crippen LogP contribution in [-0.4, -0.2) is 95.1 Å². The van der Waals surface area contributed by atoms with E-state index < -0.39 is 5.41 Å². The molecule has 412 valence electrons. The lowest BCUT2D eigenvalue weighted by Crippen LogP contribution is -2.53. The van der Waals surface area contributed by atoms with Crippen molar-refractivity contribution in [1.82, 2.24) is 50.5 Å². The molecule has 8 aliphatic carbocycles. The van der Waals surface area contributed by atoms with Gasteiger partial charge in [-0.25, -0.2) is 4.79 Å². The number of nitrogens with one attached hydrogen (secondary N) is 3. The number of carbonyl (C=O) groups excluding carboxylic acids is 4. The van der Waals surface area contributed by atoms with E-state index in [1.54, 1.807) is 0 Å². The standard InChI is InChI=1S/C27H35N5O2.C16H21N5O.C15H19NO4.CH4/c1-17-14-32(15-18-5-3-2-4-6-18)16-22(17)24-29-25(33)23(30-31-24)13-28-26(34)27-10-19-7-20(11-27)9-21(8-19)12-27;1-11-8-21(9-12-5-3-2-4-6-12)10-13(11)15-18-16(22)14(7-17)19-20-15;17-12-1-2-13(18)16(12)20-14(19)15-6-9-3-10(7-15)5-11(4-9)8-15;/h2-6,17,19-22H,7-16H2,1H3,(H,28,34)(H,29,31,33);2-6,11,13H,7-10,17H2,1H3,(H,18,20,22);9-11H,1-8H2;1H4. The maximum Gasteiger partial charge on any atom is 0.339 e. The topological polar surface area (TPSA) is 243 Å². The minimum absolute atomic E-state index is 0. The fourth-order valence-corrected chi connectivity index (χ4v) is 16.1. The van der Waals surface area contributed by atoms with E-state index in [4.69, 9.17) is 10.6 Å². The van der Waals surface area contributed by atoms with Gasteiger partial charge < -0.3 is 25.9 Å². The molecule has 8 saturated carbocycles. The zero-order chi connectivity index (χ0) is 52.7. The van der Waals surface area contributed by atoms with Crippen molar-refractivity contribution in [3.8, 4) is 0 Å². The number of carbonyl (C=O) groups is 4. The van der Waals surface area contributed by atoms with E-state index in [2.05, 4.69) is 108 Å². The number of benzene rings is 2. The molecule has 4 atom stereocenters. The van der Waals surface area contributed by atoms with Gasteiger partial charge in [0.2, 0.25) is 5.91 Å². The molecule has 4 aromatic rings. The van der Waals surface area contributed by atoms with Crippen LogP contribution in [0.15, 0.2) is 70.3 Å². The third kappa shape index (κ3) is 11.8. The molecule has 18 heteroatoms. The first-order chi connectivity index (χ1) is 36.7. The molecule has 5 N–H and O–H groups in total. The van der Waals surface area contributed by atoms with Gasteiger partial charge in [0.05, 0.1) is 12.0 Å². The van der Waals surface area contributed by atoms with E-state index >= 15 is 0 Å². The van der Waals surface area contributed by atoms with Crippen LogP contribution in [0.25, 0.3) is 0 Å². The van der Waals surface area contributed by atoms with Gasteiger partial charge in [-0.05, 0) is 136 Å². The average Bonchev–Trinajstić information content (AvgIpc) is 4.18. The van der Waals surface area contributed by atoms with E-state index in [-0.39, 0.29) is 91.1 Å². The van der Waals surface area contributed by atoms with Crippen LogP contribution in [0.2, 0.25) is 0 Å². The number of hydrogen-bond acceptors (Lipinski definition) is 14. The second-order valence-corrected chi connectivity index (χ2v) is 24.7. The summed E-state index contributed by atoms with van der Waals surface area (Å²) in [5, 5.41) is 20.5. The van der Waals surface area contributed by atoms with Crippen LogP contribution in [0.4, 0.5) is 0 Å². The van der Waals surface area contributed by atoms with E-state index in [0.29, 0.717) is 69.7 Å². The molecule has 2 aromatic carbocycles. The Morgan fingerprint density at radius 3 is 1.40 bits per heavy atom. The van der Waals surface area contributed by atoms with E-state index in [0.717, 1.165) is 77.8 Å². The third-order valence-corrected chi connectivity index (χ3v) is 18.9. The molecule has 0 spiro atoms. The molecule has 3 saturated heterocycles. The summed E-state index contributed by atoms with van der Waals surface area (Å²) in [6.07, 6.45) is 13.7. The number of nitrogens with two attached hydrogens (primary N) is 1. The Labute approximate surface area is 451 Å². The molecule has 3 amide bonds. The van der Waals surface area contributed by atoms with Gasteiger partial charge in [0.15, 0.2) is 0 Å². The van der Waals surface area contributed by atoms with Gasteiger partial charge in [0.1, 0.15) is 23.0 Å². The second kappa shape index (κ2) is 22.8. The lowest BCUT2D eigenvalue weighted by Gasteiger charge is -2.55. The molecular formula is C59H79N11O7. The third-order valence-electron chi connectivity index (χ3n) is 18.9. The normalized spacial score (nSPS) is 32.5. The molecule has 15 rings (SSSR count). The monoisotopic (exact) mass is 1050 g/mol. The van der Waals surface area contributed by atoms with Crippen molar-refractivity contribution in [2.45, 2.75) is 149 Å². The molecule has 8 bridgehead atoms. The van der Waals surface area contributed by atoms with Crippen molar-refractivity contribution in [3.63, 3.8) is 0 Å². The minimum Gasteiger partial charge on any atom is -0.350 e. The number of hydrogen-bond donors (Lipinski definition) is 4. The van der Waals surface area contributed by atoms with Crippen LogP contribution in [0.5, 0.6) is 0 Å². The average molecular weight is 1050 g/mol. The maximum atomic E-state index is 13.2. The predicted molar refractivity (Wildman–Crippen MR) is 287 cm³/mol. The van der Waals surface area contributed by atoms with Crippen LogP contribution < -0.4 is 22.2 Å². The lowest BCUT2D eigenvalue weighted by molar-refractivity contribution is -0.214. The molecule has 18 nitrogen and oxygen atoms in total. The zero-order valence-electron chi connectivity index (χ0n) is 44.2. The van der Waals surface area contributed by atoms with Gasteiger partial charge >= 0.3 is 5.97 Å². The molecule has 2 aromatic heterocycles. The van der Waals surface area contributed by atoms with Gasteiger partial charge in [-0.1, -0.05) is 81.9 Å². The number of imide groups is 1. The first-order valence-corrected chi connectivity index (χ1v) is 28.2. The largest absolute Gasteiger partial charge is 0.350 e. The summed E-state index contributed by atoms with van der Waals surface area (Å²) in [6, 6.07) is 20.9. The Balaban J connectivity index is 0.000000137. The molecule has 4 unspecified atom stereocenters. The number of hydroxylamine groups is 2. The Kier molecular flexibility index (Phi) is 16.1. The summed E-state index contributed by atoms with van der Waals surface area (Å²) in [7, 11) is 0. The van der Waals surface area contributed by atoms with Crippen molar-refractivity contribution in [3.05, 3.63) is 116 Å². The first kappa shape index (κ1) is 54.4. The van der Waals surface area contributed by atoms with Crippen molar-refractivity contribution < 1.29 is 24.0 Å². The van der Waals surface area contributed by atoms with Crippen LogP contribution in [0, 0.1) is 58.2 Å². The van der Waals surface area contributed by atoms with Crippen molar-refractivity contribution >= 4 is 23.7 Å². The van der Waals surface area contributed by atoms with E-state index in [1.165, 1.54) is 49.7 Å². The zero-order valence-corrected chi connectivity index (χ0v) is 44.2. The van der Waals surface area contributed by atoms with Crippen LogP contribution >= 0.6 is 0 Å². The highest BCUT2D eigenvalue weighted by molar-refractivity contribution is 6.01. The number of aromatic amines is 2. The smallest absolute Gasteiger partial charge is 0.339 e. The lowest BCUT2D eigenvalue weighted by atomic mass is 9.49. The number of amides is 3. The van der Waals surface area contributed by atoms with Gasteiger partial charge in [-0.3, -0.25) is 33.8 Å². The SMILES string of the molecule is C.CC1CN(Cc2ccccc2)CC1c1nnc(CN)c(=O)[nH]1.CC1CN(Cc2ccccc2)CC1c1nnc(CNC(=O)C23CC4CC(CC(C4)C2)C3)c(=O)[nH]1.O=C1CCC(=O)N1OC(=O)C12CC3CC(CC(C3)C1)C2. The van der Waals surface area contributed by atoms with Gasteiger partial charge in [0.25, 0.3) is 22.9 Å². The Morgan fingerprint density at radius 2 is 1.00 bits per heavy atom. The summed E-state index contributed by atoms with van der Waals surface area (Å²) in [4.78, 5) is 89.4. The Morgan fingerprint density at radius 1 is 0.597 bits per heavy atom. The highest BCUT2D eigenvalue weighted by Crippen LogP contribution is 2.61. The summed E-state index contributed by atoms with van der Waals surface area (Å²) in [5.74, 6) is 5.59. The molecule has 11 aliphatic rings. The minimum atomic E-state index is -0.419. The maximum absolute atomic E-state index is 13.2. The van der Waals surface area contributed by atoms with Gasteiger partial charge in [-0.15, -0.1) is 25.5 Å². The molecule has 0 radical (unpaired) electrons. The fourth-order valence-electron chi connectivity index (χ4n) is 16.1. The fraction of sp³-hybridized carbons (Fsp3) is 0.627. The highest BCUT2D eigenvalue weighted by Gasteiger charge is 2.57. The van der Waals surface area contributed by atoms with Gasteiger partial charge in [-0.2, -0.15) is 0 Å². The second-order valence-electron chi connectivity index (χ2n) is 24.7. The first-order valence-electron chi connectivity index (χ1n) is 28.2. The van der Waals surface area contributed by atoms with Crippen LogP contribution in [-0.2, 0) is 50.2 Å². The summed E-state index contributed by atoms with van der Waals surface area (Å²) in [6.45, 7) is 10.2. The Bertz CT molecular complexity index is 2810. The van der Waals surface area contributed by atoms with Crippen molar-refractivity contribution in [2.24, 2.45) is 63.9 Å². The number of H-pyrrole nitrogens is 2. The summed E-state index contributed by atoms with van der Waals surface area (Å²) < 4.78 is 0. The number of likely N-dealkylation sites (tertiary alicyclic amines) is 2. The van der Waals surface area contributed by atoms with Crippen LogP contribution in [0.1, 0.15) is 157 Å². The summed E-state index contributed by atoms with van der Waals surface area (Å²) in [5.41, 5.74) is 7.55. The number of aromatic nitrogens is 6. The summed E-state index contributed by atoms with van der Waals surface area (Å²) >= 11 is 0. The van der Waals surface area contributed by atoms with Crippen LogP contribution in [0.3, 0.4) is 0 Å². The number of rotatable bonds is 12. The van der Waals surface area contributed by atoms with Gasteiger partial charge in [0, 0.05) is 75.9 Å². The molecule has 3 aliphatic heterocycles. The van der Waals surface area contributed by atoms with Crippen molar-refractivity contribution in [1.29, 1.82) is 0 Å². The number of nitrogens with zero attached hydrogens (tertiary/aromatic N) is 7. The molecular weight excluding hydrogens is 975 g/mol. The molecule has 77 heavy (non-hydrogen) atoms. The highest BCUT2D eigenvalue weighted by atomic mass is 16.7. The quantitative estimate of drug-likeness (QED) is 0.110. The Hall–Kier alpha value is -5.98. The molecule has 11 fully saturated rings.